The second-order valence-corrected chi connectivity index (χ2v) is 3.98. The van der Waals surface area contributed by atoms with E-state index in [2.05, 4.69) is 0 Å². The van der Waals surface area contributed by atoms with E-state index in [1.165, 1.54) is 6.92 Å². The number of halogens is 1. The van der Waals surface area contributed by atoms with Crippen molar-refractivity contribution in [3.8, 4) is 0 Å². The van der Waals surface area contributed by atoms with Gasteiger partial charge in [-0.15, -0.1) is 11.6 Å². The highest BCUT2D eigenvalue weighted by atomic mass is 35.5. The number of carbonyl (C=O) groups is 1. The summed E-state index contributed by atoms with van der Waals surface area (Å²) in [7, 11) is 0. The van der Waals surface area contributed by atoms with Crippen molar-refractivity contribution in [1.82, 2.24) is 0 Å². The SMILES string of the molecule is CC(Cl)(C(=O)O)C(O)c1ccccc1. The van der Waals surface area contributed by atoms with E-state index in [4.69, 9.17) is 16.7 Å². The van der Waals surface area contributed by atoms with Crippen molar-refractivity contribution in [2.45, 2.75) is 17.9 Å². The second kappa shape index (κ2) is 3.98. The van der Waals surface area contributed by atoms with Gasteiger partial charge in [0.25, 0.3) is 0 Å². The molecule has 4 heteroatoms. The molecule has 0 amide bonds. The van der Waals surface area contributed by atoms with Gasteiger partial charge in [0, 0.05) is 0 Å². The first-order valence-corrected chi connectivity index (χ1v) is 4.49. The molecule has 0 radical (unpaired) electrons. The lowest BCUT2D eigenvalue weighted by molar-refractivity contribution is -0.143. The smallest absolute Gasteiger partial charge is 0.327 e. The van der Waals surface area contributed by atoms with Gasteiger partial charge >= 0.3 is 5.97 Å². The number of aliphatic carboxylic acids is 1. The van der Waals surface area contributed by atoms with Gasteiger partial charge in [0.15, 0.2) is 4.87 Å². The number of carboxylic acid groups (broad SMARTS) is 1. The molecule has 2 unspecified atom stereocenters. The predicted molar refractivity (Wildman–Crippen MR) is 53.3 cm³/mol. The summed E-state index contributed by atoms with van der Waals surface area (Å²) in [5, 5.41) is 18.5. The average Bonchev–Trinajstić information content (AvgIpc) is 2.17. The number of hydrogen-bond donors (Lipinski definition) is 2. The Morgan fingerprint density at radius 3 is 2.36 bits per heavy atom. The number of aliphatic hydroxyl groups is 1. The molecule has 0 heterocycles. The van der Waals surface area contributed by atoms with E-state index in [1.54, 1.807) is 30.3 Å². The summed E-state index contributed by atoms with van der Waals surface area (Å²) in [6.45, 7) is 1.27. The highest BCUT2D eigenvalue weighted by Gasteiger charge is 2.39. The van der Waals surface area contributed by atoms with E-state index in [0.29, 0.717) is 5.56 Å². The van der Waals surface area contributed by atoms with Crippen LogP contribution >= 0.6 is 11.6 Å². The quantitative estimate of drug-likeness (QED) is 0.755. The Hall–Kier alpha value is -1.06. The first kappa shape index (κ1) is 11.0. The molecule has 0 aliphatic carbocycles. The van der Waals surface area contributed by atoms with E-state index in [1.807, 2.05) is 0 Å². The van der Waals surface area contributed by atoms with Crippen molar-refractivity contribution in [1.29, 1.82) is 0 Å². The van der Waals surface area contributed by atoms with Gasteiger partial charge in [-0.05, 0) is 12.5 Å². The first-order valence-electron chi connectivity index (χ1n) is 4.11. The van der Waals surface area contributed by atoms with Gasteiger partial charge in [0.1, 0.15) is 6.10 Å². The molecule has 1 aromatic carbocycles. The molecule has 0 saturated carbocycles. The molecular formula is C10H11ClO3. The second-order valence-electron chi connectivity index (χ2n) is 3.19. The van der Waals surface area contributed by atoms with Crippen molar-refractivity contribution < 1.29 is 15.0 Å². The maximum Gasteiger partial charge on any atom is 0.327 e. The largest absolute Gasteiger partial charge is 0.480 e. The third-order valence-electron chi connectivity index (χ3n) is 2.05. The minimum absolute atomic E-state index is 0.493. The van der Waals surface area contributed by atoms with Crippen LogP contribution in [-0.2, 0) is 4.79 Å². The van der Waals surface area contributed by atoms with Crippen molar-refractivity contribution >= 4 is 17.6 Å². The molecule has 0 aliphatic rings. The molecule has 3 nitrogen and oxygen atoms in total. The highest BCUT2D eigenvalue weighted by Crippen LogP contribution is 2.31. The number of hydrogen-bond acceptors (Lipinski definition) is 2. The van der Waals surface area contributed by atoms with Crippen LogP contribution in [0.3, 0.4) is 0 Å². The average molecular weight is 215 g/mol. The molecule has 2 atom stereocenters. The van der Waals surface area contributed by atoms with E-state index < -0.39 is 16.9 Å². The molecule has 0 bridgehead atoms. The maximum atomic E-state index is 10.7. The number of alkyl halides is 1. The van der Waals surface area contributed by atoms with Gasteiger partial charge in [-0.25, -0.2) is 0 Å². The fraction of sp³-hybridized carbons (Fsp3) is 0.300. The van der Waals surface area contributed by atoms with Crippen LogP contribution in [0.5, 0.6) is 0 Å². The Balaban J connectivity index is 2.96. The van der Waals surface area contributed by atoms with Gasteiger partial charge in [0.2, 0.25) is 0 Å². The van der Waals surface area contributed by atoms with E-state index in [9.17, 15) is 9.90 Å². The zero-order chi connectivity index (χ0) is 10.8. The van der Waals surface area contributed by atoms with Gasteiger partial charge in [-0.1, -0.05) is 30.3 Å². The molecule has 2 N–H and O–H groups in total. The van der Waals surface area contributed by atoms with E-state index in [-0.39, 0.29) is 0 Å². The summed E-state index contributed by atoms with van der Waals surface area (Å²) in [5.41, 5.74) is 0.493. The molecular weight excluding hydrogens is 204 g/mol. The van der Waals surface area contributed by atoms with Crippen molar-refractivity contribution in [2.24, 2.45) is 0 Å². The van der Waals surface area contributed by atoms with Crippen molar-refractivity contribution in [3.05, 3.63) is 35.9 Å². The van der Waals surface area contributed by atoms with Crippen LogP contribution in [0.1, 0.15) is 18.6 Å². The normalized spacial score (nSPS) is 17.1. The standard InChI is InChI=1S/C10H11ClO3/c1-10(11,9(13)14)8(12)7-5-3-2-4-6-7/h2-6,8,12H,1H3,(H,13,14). The topological polar surface area (TPSA) is 57.5 Å². The van der Waals surface area contributed by atoms with Crippen LogP contribution in [0, 0.1) is 0 Å². The molecule has 0 spiro atoms. The molecule has 0 aromatic heterocycles. The minimum Gasteiger partial charge on any atom is -0.480 e. The van der Waals surface area contributed by atoms with Crippen molar-refractivity contribution in [2.75, 3.05) is 0 Å². The van der Waals surface area contributed by atoms with Crippen LogP contribution in [0.2, 0.25) is 0 Å². The van der Waals surface area contributed by atoms with Crippen LogP contribution in [0.4, 0.5) is 0 Å². The fourth-order valence-electron chi connectivity index (χ4n) is 1.07. The molecule has 0 saturated heterocycles. The van der Waals surface area contributed by atoms with Gasteiger partial charge < -0.3 is 10.2 Å². The fourth-order valence-corrected chi connectivity index (χ4v) is 1.19. The lowest BCUT2D eigenvalue weighted by Crippen LogP contribution is -2.35. The van der Waals surface area contributed by atoms with Crippen LogP contribution < -0.4 is 0 Å². The van der Waals surface area contributed by atoms with Gasteiger partial charge in [0.05, 0.1) is 0 Å². The molecule has 0 fully saturated rings. The maximum absolute atomic E-state index is 10.7. The van der Waals surface area contributed by atoms with E-state index >= 15 is 0 Å². The summed E-state index contributed by atoms with van der Waals surface area (Å²) < 4.78 is 0. The van der Waals surface area contributed by atoms with Gasteiger partial charge in [-0.2, -0.15) is 0 Å². The number of rotatable bonds is 3. The summed E-state index contributed by atoms with van der Waals surface area (Å²) in [5.74, 6) is -1.24. The number of carboxylic acids is 1. The lowest BCUT2D eigenvalue weighted by Gasteiger charge is -2.23. The molecule has 14 heavy (non-hydrogen) atoms. The van der Waals surface area contributed by atoms with Crippen LogP contribution in [0.25, 0.3) is 0 Å². The first-order chi connectivity index (χ1) is 6.46. The molecule has 76 valence electrons. The predicted octanol–water partition coefficient (Wildman–Crippen LogP) is 1.80. The lowest BCUT2D eigenvalue weighted by atomic mass is 9.97. The summed E-state index contributed by atoms with van der Waals surface area (Å²) in [6, 6.07) is 8.48. The van der Waals surface area contributed by atoms with Crippen LogP contribution in [0.15, 0.2) is 30.3 Å². The Morgan fingerprint density at radius 2 is 1.93 bits per heavy atom. The van der Waals surface area contributed by atoms with E-state index in [0.717, 1.165) is 0 Å². The monoisotopic (exact) mass is 214 g/mol. The Kier molecular flexibility index (Phi) is 3.13. The number of aliphatic hydroxyl groups excluding tert-OH is 1. The summed E-state index contributed by atoms with van der Waals surface area (Å²) in [4.78, 5) is 9.05. The van der Waals surface area contributed by atoms with Crippen molar-refractivity contribution in [3.63, 3.8) is 0 Å². The van der Waals surface area contributed by atoms with Crippen LogP contribution in [-0.4, -0.2) is 21.1 Å². The minimum atomic E-state index is -1.69. The molecule has 1 rings (SSSR count). The molecule has 0 aliphatic heterocycles. The Bertz CT molecular complexity index is 321. The third-order valence-corrected chi connectivity index (χ3v) is 2.42. The highest BCUT2D eigenvalue weighted by molar-refractivity contribution is 6.33. The molecule has 1 aromatic rings. The summed E-state index contributed by atoms with van der Waals surface area (Å²) in [6.07, 6.45) is -1.22. The zero-order valence-electron chi connectivity index (χ0n) is 7.64. The Labute approximate surface area is 86.9 Å². The summed E-state index contributed by atoms with van der Waals surface area (Å²) >= 11 is 5.71. The van der Waals surface area contributed by atoms with Gasteiger partial charge in [-0.3, -0.25) is 4.79 Å². The Morgan fingerprint density at radius 1 is 1.43 bits per heavy atom. The third kappa shape index (κ3) is 2.05. The number of benzene rings is 1. The zero-order valence-corrected chi connectivity index (χ0v) is 8.40.